The Bertz CT molecular complexity index is 952. The molecule has 1 aromatic heterocycles. The number of aliphatic hydroxyl groups excluding tert-OH is 1. The Labute approximate surface area is 171 Å². The molecule has 1 atom stereocenters. The summed E-state index contributed by atoms with van der Waals surface area (Å²) in [6.07, 6.45) is 1.09. The number of hydrogen-bond acceptors (Lipinski definition) is 4. The van der Waals surface area contributed by atoms with Gasteiger partial charge >= 0.3 is 0 Å². The Morgan fingerprint density at radius 3 is 2.52 bits per heavy atom. The van der Waals surface area contributed by atoms with Crippen molar-refractivity contribution in [1.29, 1.82) is 0 Å². The highest BCUT2D eigenvalue weighted by atomic mass is 19.1. The molecule has 0 spiro atoms. The fraction of sp³-hybridized carbons (Fsp3) is 0.375. The number of aliphatic hydroxyl groups is 1. The number of hydrogen-bond donors (Lipinski definition) is 1. The highest BCUT2D eigenvalue weighted by molar-refractivity contribution is 5.91. The maximum absolute atomic E-state index is 13.0. The molecule has 1 aliphatic rings. The van der Waals surface area contributed by atoms with Crippen molar-refractivity contribution in [3.05, 3.63) is 71.7 Å². The van der Waals surface area contributed by atoms with Gasteiger partial charge in [0.2, 0.25) is 0 Å². The van der Waals surface area contributed by atoms with Crippen LogP contribution in [0.1, 0.15) is 30.2 Å². The van der Waals surface area contributed by atoms with Gasteiger partial charge in [0, 0.05) is 37.3 Å². The van der Waals surface area contributed by atoms with Crippen LogP contribution in [0, 0.1) is 12.7 Å². The van der Waals surface area contributed by atoms with E-state index in [0.29, 0.717) is 6.42 Å². The van der Waals surface area contributed by atoms with Crippen LogP contribution in [-0.2, 0) is 0 Å². The monoisotopic (exact) mass is 393 g/mol. The third-order valence-electron chi connectivity index (χ3n) is 5.76. The third-order valence-corrected chi connectivity index (χ3v) is 5.76. The molecule has 1 aliphatic heterocycles. The van der Waals surface area contributed by atoms with Crippen LogP contribution in [0.15, 0.2) is 54.6 Å². The quantitative estimate of drug-likeness (QED) is 0.677. The molecule has 0 bridgehead atoms. The van der Waals surface area contributed by atoms with Crippen LogP contribution < -0.4 is 4.90 Å². The number of nitrogens with zero attached hydrogens (tertiary/aromatic N) is 3. The number of fused-ring (bicyclic) bond motifs is 1. The minimum Gasteiger partial charge on any atom is -0.388 e. The van der Waals surface area contributed by atoms with Crippen molar-refractivity contribution in [1.82, 2.24) is 9.88 Å². The Morgan fingerprint density at radius 2 is 1.76 bits per heavy atom. The van der Waals surface area contributed by atoms with Gasteiger partial charge in [0.05, 0.1) is 17.3 Å². The number of piperazine rings is 1. The van der Waals surface area contributed by atoms with Crippen molar-refractivity contribution in [2.45, 2.75) is 25.9 Å². The van der Waals surface area contributed by atoms with E-state index in [2.05, 4.69) is 40.1 Å². The summed E-state index contributed by atoms with van der Waals surface area (Å²) in [5.41, 5.74) is 4.14. The zero-order chi connectivity index (χ0) is 20.2. The minimum absolute atomic E-state index is 0.268. The molecule has 1 fully saturated rings. The summed E-state index contributed by atoms with van der Waals surface area (Å²) in [5.74, 6) is -0.268. The second-order valence-electron chi connectivity index (χ2n) is 7.84. The van der Waals surface area contributed by atoms with Gasteiger partial charge in [-0.2, -0.15) is 0 Å². The van der Waals surface area contributed by atoms with Crippen LogP contribution in [-0.4, -0.2) is 47.7 Å². The first-order chi connectivity index (χ1) is 14.1. The molecule has 2 heterocycles. The number of para-hydroxylation sites is 1. The molecule has 3 aromatic rings. The first-order valence-corrected chi connectivity index (χ1v) is 10.4. The molecule has 1 N–H and O–H groups in total. The zero-order valence-corrected chi connectivity index (χ0v) is 16.9. The third kappa shape index (κ3) is 4.74. The lowest BCUT2D eigenvalue weighted by Gasteiger charge is -2.36. The number of halogens is 1. The SMILES string of the molecule is Cc1ccc2cccc(N3CCN(CCCC(O)c4ccc(F)cc4)CC3)c2n1. The summed E-state index contributed by atoms with van der Waals surface area (Å²) in [6, 6.07) is 16.7. The van der Waals surface area contributed by atoms with Crippen LogP contribution in [0.3, 0.4) is 0 Å². The number of benzene rings is 2. The Morgan fingerprint density at radius 1 is 1.00 bits per heavy atom. The summed E-state index contributed by atoms with van der Waals surface area (Å²) in [6.45, 7) is 6.99. The van der Waals surface area contributed by atoms with E-state index in [1.54, 1.807) is 12.1 Å². The van der Waals surface area contributed by atoms with Gasteiger partial charge in [-0.25, -0.2) is 4.39 Å². The molecule has 29 heavy (non-hydrogen) atoms. The topological polar surface area (TPSA) is 39.6 Å². The molecule has 0 radical (unpaired) electrons. The number of pyridine rings is 1. The lowest BCUT2D eigenvalue weighted by Crippen LogP contribution is -2.46. The van der Waals surface area contributed by atoms with E-state index in [-0.39, 0.29) is 5.82 Å². The second-order valence-corrected chi connectivity index (χ2v) is 7.84. The molecular weight excluding hydrogens is 365 g/mol. The van der Waals surface area contributed by atoms with E-state index in [1.165, 1.54) is 23.2 Å². The van der Waals surface area contributed by atoms with Crippen LogP contribution in [0.5, 0.6) is 0 Å². The summed E-state index contributed by atoms with van der Waals surface area (Å²) in [7, 11) is 0. The normalized spacial score (nSPS) is 16.3. The molecule has 0 amide bonds. The van der Waals surface area contributed by atoms with Crippen LogP contribution >= 0.6 is 0 Å². The first-order valence-electron chi connectivity index (χ1n) is 10.4. The molecule has 4 nitrogen and oxygen atoms in total. The van der Waals surface area contributed by atoms with E-state index in [9.17, 15) is 9.50 Å². The van der Waals surface area contributed by atoms with Crippen LogP contribution in [0.4, 0.5) is 10.1 Å². The maximum Gasteiger partial charge on any atom is 0.123 e. The van der Waals surface area contributed by atoms with E-state index in [4.69, 9.17) is 4.98 Å². The lowest BCUT2D eigenvalue weighted by atomic mass is 10.0. The largest absolute Gasteiger partial charge is 0.388 e. The Hall–Kier alpha value is -2.50. The second kappa shape index (κ2) is 8.89. The van der Waals surface area contributed by atoms with Crippen molar-refractivity contribution in [3.8, 4) is 0 Å². The predicted molar refractivity (Wildman–Crippen MR) is 116 cm³/mol. The Balaban J connectivity index is 1.29. The summed E-state index contributed by atoms with van der Waals surface area (Å²) < 4.78 is 13.0. The van der Waals surface area contributed by atoms with Gasteiger partial charge in [0.15, 0.2) is 0 Å². The van der Waals surface area contributed by atoms with E-state index in [1.807, 2.05) is 6.92 Å². The highest BCUT2D eigenvalue weighted by Crippen LogP contribution is 2.26. The summed E-state index contributed by atoms with van der Waals surface area (Å²) >= 11 is 0. The number of aryl methyl sites for hydroxylation is 1. The minimum atomic E-state index is -0.526. The van der Waals surface area contributed by atoms with Gasteiger partial charge in [-0.15, -0.1) is 0 Å². The van der Waals surface area contributed by atoms with Crippen molar-refractivity contribution >= 4 is 16.6 Å². The van der Waals surface area contributed by atoms with Crippen molar-refractivity contribution < 1.29 is 9.50 Å². The molecule has 1 unspecified atom stereocenters. The molecular formula is C24H28FN3O. The lowest BCUT2D eigenvalue weighted by molar-refractivity contribution is 0.154. The van der Waals surface area contributed by atoms with Gasteiger partial charge in [0.25, 0.3) is 0 Å². The maximum atomic E-state index is 13.0. The van der Waals surface area contributed by atoms with Gasteiger partial charge in [0.1, 0.15) is 5.82 Å². The van der Waals surface area contributed by atoms with Crippen LogP contribution in [0.25, 0.3) is 10.9 Å². The standard InChI is InChI=1S/C24H28FN3O/c1-18-7-8-20-4-2-5-22(24(20)26-18)28-16-14-27(15-17-28)13-3-6-23(29)19-9-11-21(25)12-10-19/h2,4-5,7-12,23,29H,3,6,13-17H2,1H3. The van der Waals surface area contributed by atoms with Gasteiger partial charge in [-0.3, -0.25) is 9.88 Å². The smallest absolute Gasteiger partial charge is 0.123 e. The number of rotatable bonds is 6. The predicted octanol–water partition coefficient (Wildman–Crippen LogP) is 4.32. The zero-order valence-electron chi connectivity index (χ0n) is 16.9. The molecule has 2 aromatic carbocycles. The van der Waals surface area contributed by atoms with Crippen LogP contribution in [0.2, 0.25) is 0 Å². The van der Waals surface area contributed by atoms with E-state index < -0.39 is 6.10 Å². The van der Waals surface area contributed by atoms with E-state index >= 15 is 0 Å². The van der Waals surface area contributed by atoms with Gasteiger partial charge in [-0.05, 0) is 56.1 Å². The van der Waals surface area contributed by atoms with Crippen molar-refractivity contribution in [3.63, 3.8) is 0 Å². The average Bonchev–Trinajstić information content (AvgIpc) is 2.74. The molecule has 0 saturated carbocycles. The van der Waals surface area contributed by atoms with Gasteiger partial charge < -0.3 is 10.0 Å². The molecule has 5 heteroatoms. The average molecular weight is 394 g/mol. The number of aromatic nitrogens is 1. The summed E-state index contributed by atoms with van der Waals surface area (Å²) in [4.78, 5) is 9.65. The Kier molecular flexibility index (Phi) is 6.07. The first kappa shape index (κ1) is 19.8. The fourth-order valence-corrected chi connectivity index (χ4v) is 4.06. The molecule has 4 rings (SSSR count). The summed E-state index contributed by atoms with van der Waals surface area (Å²) in [5, 5.41) is 11.5. The van der Waals surface area contributed by atoms with Gasteiger partial charge in [-0.1, -0.05) is 30.3 Å². The van der Waals surface area contributed by atoms with Crippen molar-refractivity contribution in [2.75, 3.05) is 37.6 Å². The highest BCUT2D eigenvalue weighted by Gasteiger charge is 2.19. The number of anilines is 1. The molecule has 0 aliphatic carbocycles. The van der Waals surface area contributed by atoms with Crippen molar-refractivity contribution in [2.24, 2.45) is 0 Å². The fourth-order valence-electron chi connectivity index (χ4n) is 4.06. The van der Waals surface area contributed by atoms with E-state index in [0.717, 1.165) is 55.9 Å². The molecule has 1 saturated heterocycles. The molecule has 152 valence electrons.